The van der Waals surface area contributed by atoms with E-state index in [2.05, 4.69) is 20.6 Å². The molecule has 26 heavy (non-hydrogen) atoms. The third kappa shape index (κ3) is 4.00. The maximum absolute atomic E-state index is 13.2. The number of hydrogen-bond acceptors (Lipinski definition) is 4. The highest BCUT2D eigenvalue weighted by molar-refractivity contribution is 6.03. The van der Waals surface area contributed by atoms with E-state index < -0.39 is 17.5 Å². The number of rotatable bonds is 4. The van der Waals surface area contributed by atoms with Gasteiger partial charge in [0, 0.05) is 23.6 Å². The summed E-state index contributed by atoms with van der Waals surface area (Å²) in [6, 6.07) is 10.5. The van der Waals surface area contributed by atoms with Gasteiger partial charge < -0.3 is 10.6 Å². The molecule has 0 aliphatic heterocycles. The standard InChI is InChI=1S/C19H16F2N4O/c1-11-3-4-12(2)17(9-11)25-19-22-8-7-16(24-19)18(26)23-13-5-6-14(20)15(21)10-13/h3-10H,1-2H3,(H,23,26)(H,22,24,25). The molecular weight excluding hydrogens is 338 g/mol. The van der Waals surface area contributed by atoms with Crippen LogP contribution in [0.5, 0.6) is 0 Å². The van der Waals surface area contributed by atoms with Gasteiger partial charge in [-0.2, -0.15) is 0 Å². The van der Waals surface area contributed by atoms with Crippen molar-refractivity contribution in [2.75, 3.05) is 10.6 Å². The fourth-order valence-corrected chi connectivity index (χ4v) is 2.31. The molecule has 0 aliphatic rings. The Labute approximate surface area is 149 Å². The fraction of sp³-hybridized carbons (Fsp3) is 0.105. The summed E-state index contributed by atoms with van der Waals surface area (Å²) >= 11 is 0. The van der Waals surface area contributed by atoms with Crippen molar-refractivity contribution < 1.29 is 13.6 Å². The van der Waals surface area contributed by atoms with Crippen LogP contribution >= 0.6 is 0 Å². The number of halogens is 2. The van der Waals surface area contributed by atoms with Crippen LogP contribution in [0, 0.1) is 25.5 Å². The number of nitrogens with zero attached hydrogens (tertiary/aromatic N) is 2. The number of hydrogen-bond donors (Lipinski definition) is 2. The zero-order valence-electron chi connectivity index (χ0n) is 14.2. The minimum Gasteiger partial charge on any atom is -0.324 e. The smallest absolute Gasteiger partial charge is 0.274 e. The first-order chi connectivity index (χ1) is 12.4. The van der Waals surface area contributed by atoms with E-state index in [4.69, 9.17) is 0 Å². The molecule has 2 aromatic carbocycles. The van der Waals surface area contributed by atoms with Gasteiger partial charge in [-0.15, -0.1) is 0 Å². The van der Waals surface area contributed by atoms with Crippen LogP contribution in [0.2, 0.25) is 0 Å². The Balaban J connectivity index is 1.78. The van der Waals surface area contributed by atoms with Gasteiger partial charge in [-0.25, -0.2) is 18.7 Å². The molecule has 1 heterocycles. The van der Waals surface area contributed by atoms with Gasteiger partial charge in [0.15, 0.2) is 11.6 Å². The number of benzene rings is 2. The monoisotopic (exact) mass is 354 g/mol. The first-order valence-corrected chi connectivity index (χ1v) is 7.86. The Morgan fingerprint density at radius 3 is 2.58 bits per heavy atom. The molecule has 0 saturated carbocycles. The number of aromatic nitrogens is 2. The Morgan fingerprint density at radius 2 is 1.81 bits per heavy atom. The summed E-state index contributed by atoms with van der Waals surface area (Å²) in [7, 11) is 0. The van der Waals surface area contributed by atoms with E-state index in [1.165, 1.54) is 18.3 Å². The SMILES string of the molecule is Cc1ccc(C)c(Nc2nccc(C(=O)Nc3ccc(F)c(F)c3)n2)c1. The molecule has 3 rings (SSSR count). The molecule has 0 radical (unpaired) electrons. The molecule has 132 valence electrons. The van der Waals surface area contributed by atoms with E-state index >= 15 is 0 Å². The van der Waals surface area contributed by atoms with Crippen LogP contribution < -0.4 is 10.6 Å². The molecule has 3 aromatic rings. The Morgan fingerprint density at radius 1 is 1.00 bits per heavy atom. The number of anilines is 3. The van der Waals surface area contributed by atoms with E-state index in [-0.39, 0.29) is 17.3 Å². The van der Waals surface area contributed by atoms with E-state index in [1.54, 1.807) is 0 Å². The van der Waals surface area contributed by atoms with Gasteiger partial charge in [-0.05, 0) is 49.2 Å². The molecule has 0 fully saturated rings. The van der Waals surface area contributed by atoms with Crippen molar-refractivity contribution in [3.05, 3.63) is 77.1 Å². The topological polar surface area (TPSA) is 66.9 Å². The second-order valence-corrected chi connectivity index (χ2v) is 5.79. The lowest BCUT2D eigenvalue weighted by Crippen LogP contribution is -2.15. The average Bonchev–Trinajstić information content (AvgIpc) is 2.61. The maximum atomic E-state index is 13.2. The molecule has 7 heteroatoms. The molecule has 0 atom stereocenters. The third-order valence-corrected chi connectivity index (χ3v) is 3.71. The molecule has 5 nitrogen and oxygen atoms in total. The van der Waals surface area contributed by atoms with Crippen LogP contribution in [0.15, 0.2) is 48.7 Å². The number of nitrogens with one attached hydrogen (secondary N) is 2. The van der Waals surface area contributed by atoms with Gasteiger partial charge in [0.2, 0.25) is 5.95 Å². The molecule has 1 aromatic heterocycles. The van der Waals surface area contributed by atoms with Crippen LogP contribution in [0.1, 0.15) is 21.6 Å². The second-order valence-electron chi connectivity index (χ2n) is 5.79. The van der Waals surface area contributed by atoms with Crippen molar-refractivity contribution >= 4 is 23.2 Å². The minimum atomic E-state index is -1.04. The van der Waals surface area contributed by atoms with Crippen molar-refractivity contribution in [2.45, 2.75) is 13.8 Å². The number of carbonyl (C=O) groups excluding carboxylic acids is 1. The quantitative estimate of drug-likeness (QED) is 0.730. The lowest BCUT2D eigenvalue weighted by Gasteiger charge is -2.10. The highest BCUT2D eigenvalue weighted by atomic mass is 19.2. The van der Waals surface area contributed by atoms with E-state index in [9.17, 15) is 13.6 Å². The minimum absolute atomic E-state index is 0.0949. The number of amides is 1. The summed E-state index contributed by atoms with van der Waals surface area (Å²) in [6.45, 7) is 3.92. The third-order valence-electron chi connectivity index (χ3n) is 3.71. The highest BCUT2D eigenvalue weighted by Crippen LogP contribution is 2.20. The van der Waals surface area contributed by atoms with Crippen LogP contribution in [0.4, 0.5) is 26.1 Å². The summed E-state index contributed by atoms with van der Waals surface area (Å²) in [5.41, 5.74) is 3.15. The van der Waals surface area contributed by atoms with Crippen LogP contribution in [-0.4, -0.2) is 15.9 Å². The van der Waals surface area contributed by atoms with Gasteiger partial charge in [0.25, 0.3) is 5.91 Å². The van der Waals surface area contributed by atoms with Crippen LogP contribution in [0.25, 0.3) is 0 Å². The molecule has 1 amide bonds. The lowest BCUT2D eigenvalue weighted by molar-refractivity contribution is 0.102. The van der Waals surface area contributed by atoms with Crippen molar-refractivity contribution in [1.82, 2.24) is 9.97 Å². The predicted octanol–water partition coefficient (Wildman–Crippen LogP) is 4.37. The van der Waals surface area contributed by atoms with E-state index in [0.717, 1.165) is 28.9 Å². The van der Waals surface area contributed by atoms with Gasteiger partial charge in [-0.1, -0.05) is 12.1 Å². The van der Waals surface area contributed by atoms with E-state index in [0.29, 0.717) is 0 Å². The highest BCUT2D eigenvalue weighted by Gasteiger charge is 2.11. The molecule has 0 unspecified atom stereocenters. The van der Waals surface area contributed by atoms with Crippen molar-refractivity contribution in [1.29, 1.82) is 0 Å². The van der Waals surface area contributed by atoms with Crippen LogP contribution in [0.3, 0.4) is 0 Å². The van der Waals surface area contributed by atoms with E-state index in [1.807, 2.05) is 32.0 Å². The second kappa shape index (κ2) is 7.26. The summed E-state index contributed by atoms with van der Waals surface area (Å²) in [5, 5.41) is 5.55. The molecule has 0 spiro atoms. The first kappa shape index (κ1) is 17.5. The number of carbonyl (C=O) groups is 1. The summed E-state index contributed by atoms with van der Waals surface area (Å²) in [6.07, 6.45) is 1.45. The first-order valence-electron chi connectivity index (χ1n) is 7.86. The summed E-state index contributed by atoms with van der Waals surface area (Å²) in [5.74, 6) is -2.31. The Bertz CT molecular complexity index is 976. The predicted molar refractivity (Wildman–Crippen MR) is 95.5 cm³/mol. The summed E-state index contributed by atoms with van der Waals surface area (Å²) < 4.78 is 26.2. The number of aryl methyl sites for hydroxylation is 2. The Kier molecular flexibility index (Phi) is 4.88. The van der Waals surface area contributed by atoms with Gasteiger partial charge >= 0.3 is 0 Å². The normalized spacial score (nSPS) is 10.5. The van der Waals surface area contributed by atoms with Crippen molar-refractivity contribution in [3.8, 4) is 0 Å². The molecule has 2 N–H and O–H groups in total. The summed E-state index contributed by atoms with van der Waals surface area (Å²) in [4.78, 5) is 20.6. The lowest BCUT2D eigenvalue weighted by atomic mass is 10.1. The molecule has 0 saturated heterocycles. The van der Waals surface area contributed by atoms with Crippen LogP contribution in [-0.2, 0) is 0 Å². The van der Waals surface area contributed by atoms with Crippen molar-refractivity contribution in [2.24, 2.45) is 0 Å². The molecular formula is C19H16F2N4O. The molecule has 0 aliphatic carbocycles. The average molecular weight is 354 g/mol. The fourth-order valence-electron chi connectivity index (χ4n) is 2.31. The largest absolute Gasteiger partial charge is 0.324 e. The van der Waals surface area contributed by atoms with Gasteiger partial charge in [-0.3, -0.25) is 4.79 Å². The maximum Gasteiger partial charge on any atom is 0.274 e. The Hall–Kier alpha value is -3.35. The molecule has 0 bridgehead atoms. The zero-order valence-corrected chi connectivity index (χ0v) is 14.2. The van der Waals surface area contributed by atoms with Gasteiger partial charge in [0.1, 0.15) is 5.69 Å². The van der Waals surface area contributed by atoms with Gasteiger partial charge in [0.05, 0.1) is 0 Å². The zero-order chi connectivity index (χ0) is 18.7. The van der Waals surface area contributed by atoms with Crippen molar-refractivity contribution in [3.63, 3.8) is 0 Å².